The summed E-state index contributed by atoms with van der Waals surface area (Å²) in [7, 11) is 0. The number of carbonyl (C=O) groups is 2. The van der Waals surface area contributed by atoms with Crippen LogP contribution in [0.4, 0.5) is 11.6 Å². The molecule has 4 rings (SSSR count). The number of amides is 1. The van der Waals surface area contributed by atoms with E-state index >= 15 is 0 Å². The number of nitrogen functional groups attached to an aromatic ring is 1. The molecule has 0 spiro atoms. The molecule has 4 aromatic rings. The maximum atomic E-state index is 12.7. The van der Waals surface area contributed by atoms with Gasteiger partial charge < -0.3 is 26.6 Å². The second-order valence-electron chi connectivity index (χ2n) is 7.31. The standard InChI is InChI=1S/C23H21N7O5/c24-23-29-19-18(21(33)30-23)27-15(11-26-19)10-25-14-5-3-13(4-6-14)20(32)28-17(22(34)35)9-12-1-7-16(31)8-2-12/h1-8,11,17,25,31H,9-10H2,(H,28,32)(H,34,35)(H3,24,26,29,30,33)/t17-/m0/s1/i1D,2D,7D,8D. The van der Waals surface area contributed by atoms with Gasteiger partial charge in [-0.15, -0.1) is 0 Å². The second-order valence-corrected chi connectivity index (χ2v) is 7.31. The van der Waals surface area contributed by atoms with Gasteiger partial charge in [0.1, 0.15) is 11.8 Å². The smallest absolute Gasteiger partial charge is 0.326 e. The zero-order valence-corrected chi connectivity index (χ0v) is 17.9. The highest BCUT2D eigenvalue weighted by atomic mass is 16.4. The van der Waals surface area contributed by atoms with Crippen molar-refractivity contribution in [3.63, 3.8) is 0 Å². The maximum Gasteiger partial charge on any atom is 0.326 e. The van der Waals surface area contributed by atoms with Crippen LogP contribution in [0.25, 0.3) is 11.2 Å². The van der Waals surface area contributed by atoms with Crippen molar-refractivity contribution in [2.75, 3.05) is 11.1 Å². The number of fused-ring (bicyclic) bond motifs is 1. The van der Waals surface area contributed by atoms with Crippen molar-refractivity contribution in [2.24, 2.45) is 0 Å². The predicted octanol–water partition coefficient (Wildman–Crippen LogP) is 1.04. The van der Waals surface area contributed by atoms with Gasteiger partial charge in [0.25, 0.3) is 11.5 Å². The number of carbonyl (C=O) groups excluding carboxylic acids is 1. The van der Waals surface area contributed by atoms with Crippen LogP contribution in [0.3, 0.4) is 0 Å². The minimum Gasteiger partial charge on any atom is -0.508 e. The Morgan fingerprint density at radius 2 is 1.86 bits per heavy atom. The number of carboxylic acid groups (broad SMARTS) is 1. The van der Waals surface area contributed by atoms with E-state index in [0.29, 0.717) is 11.4 Å². The van der Waals surface area contributed by atoms with Crippen LogP contribution in [0.2, 0.25) is 0 Å². The quantitative estimate of drug-likeness (QED) is 0.212. The molecule has 12 heteroatoms. The molecule has 2 aromatic heterocycles. The van der Waals surface area contributed by atoms with Gasteiger partial charge in [-0.2, -0.15) is 4.98 Å². The molecule has 0 saturated carbocycles. The topological polar surface area (TPSA) is 196 Å². The largest absolute Gasteiger partial charge is 0.508 e. The Hall–Kier alpha value is -5.00. The first-order valence-electron chi connectivity index (χ1n) is 12.1. The molecule has 0 aliphatic heterocycles. The molecule has 0 fully saturated rings. The van der Waals surface area contributed by atoms with Crippen LogP contribution in [0.5, 0.6) is 5.75 Å². The molecule has 0 unspecified atom stereocenters. The average Bonchev–Trinajstić information content (AvgIpc) is 2.91. The van der Waals surface area contributed by atoms with Gasteiger partial charge >= 0.3 is 5.97 Å². The molecule has 35 heavy (non-hydrogen) atoms. The van der Waals surface area contributed by atoms with E-state index < -0.39 is 59.8 Å². The number of nitrogens with one attached hydrogen (secondary N) is 3. The van der Waals surface area contributed by atoms with Gasteiger partial charge in [0, 0.05) is 17.7 Å². The van der Waals surface area contributed by atoms with Crippen molar-refractivity contribution in [1.29, 1.82) is 0 Å². The van der Waals surface area contributed by atoms with E-state index in [2.05, 4.69) is 30.6 Å². The van der Waals surface area contributed by atoms with Gasteiger partial charge in [0.15, 0.2) is 11.2 Å². The fourth-order valence-electron chi connectivity index (χ4n) is 3.07. The lowest BCUT2D eigenvalue weighted by molar-refractivity contribution is -0.139. The number of rotatable bonds is 8. The summed E-state index contributed by atoms with van der Waals surface area (Å²) in [5.41, 5.74) is 6.00. The molecule has 0 radical (unpaired) electrons. The molecule has 0 aliphatic rings. The summed E-state index contributed by atoms with van der Waals surface area (Å²) in [6, 6.07) is 1.86. The van der Waals surface area contributed by atoms with Crippen molar-refractivity contribution >= 4 is 34.7 Å². The van der Waals surface area contributed by atoms with Crippen LogP contribution in [-0.4, -0.2) is 48.1 Å². The third-order valence-corrected chi connectivity index (χ3v) is 4.78. The molecule has 7 N–H and O–H groups in total. The van der Waals surface area contributed by atoms with E-state index in [0.717, 1.165) is 0 Å². The second kappa shape index (κ2) is 9.87. The molecular weight excluding hydrogens is 454 g/mol. The van der Waals surface area contributed by atoms with Gasteiger partial charge in [-0.3, -0.25) is 14.6 Å². The zero-order chi connectivity index (χ0) is 28.4. The summed E-state index contributed by atoms with van der Waals surface area (Å²) in [5, 5.41) is 24.7. The minimum absolute atomic E-state index is 0.0313. The predicted molar refractivity (Wildman–Crippen MR) is 127 cm³/mol. The molecule has 0 saturated heterocycles. The maximum absolute atomic E-state index is 12.7. The van der Waals surface area contributed by atoms with Crippen LogP contribution in [0, 0.1) is 0 Å². The van der Waals surface area contributed by atoms with E-state index in [4.69, 9.17) is 11.2 Å². The summed E-state index contributed by atoms with van der Waals surface area (Å²) in [5.74, 6) is -3.10. The number of anilines is 2. The SMILES string of the molecule is [2H]c1c([2H])c(C[C@H](NC(=O)c2ccc(NCc3cnc4nc(N)[nH]c(=O)c4n3)cc2)C(=O)O)c([2H])c([2H])c1O. The van der Waals surface area contributed by atoms with E-state index in [9.17, 15) is 24.6 Å². The fraction of sp³-hybridized carbons (Fsp3) is 0.130. The molecule has 1 atom stereocenters. The molecule has 2 aromatic carbocycles. The molecule has 178 valence electrons. The highest BCUT2D eigenvalue weighted by Gasteiger charge is 2.21. The first-order valence-corrected chi connectivity index (χ1v) is 10.1. The zero-order valence-electron chi connectivity index (χ0n) is 21.9. The number of aromatic hydroxyl groups is 1. The van der Waals surface area contributed by atoms with Crippen LogP contribution in [-0.2, 0) is 17.8 Å². The fourth-order valence-corrected chi connectivity index (χ4v) is 3.07. The number of phenolic OH excluding ortho intramolecular Hbond substituents is 1. The van der Waals surface area contributed by atoms with E-state index in [1.807, 2.05) is 0 Å². The molecule has 12 nitrogen and oxygen atoms in total. The Morgan fingerprint density at radius 1 is 1.14 bits per heavy atom. The first-order chi connectivity index (χ1) is 18.5. The summed E-state index contributed by atoms with van der Waals surface area (Å²) in [6.45, 7) is 0.187. The Balaban J connectivity index is 1.43. The number of aromatic amines is 1. The Morgan fingerprint density at radius 3 is 2.54 bits per heavy atom. The number of hydrogen-bond acceptors (Lipinski definition) is 9. The number of hydrogen-bond donors (Lipinski definition) is 6. The van der Waals surface area contributed by atoms with Crippen molar-refractivity contribution in [3.8, 4) is 5.75 Å². The van der Waals surface area contributed by atoms with Gasteiger partial charge in [-0.25, -0.2) is 14.8 Å². The van der Waals surface area contributed by atoms with Crippen molar-refractivity contribution in [1.82, 2.24) is 25.3 Å². The van der Waals surface area contributed by atoms with Crippen molar-refractivity contribution in [3.05, 3.63) is 81.8 Å². The van der Waals surface area contributed by atoms with Crippen molar-refractivity contribution < 1.29 is 25.3 Å². The van der Waals surface area contributed by atoms with E-state index in [-0.39, 0.29) is 34.8 Å². The number of aromatic nitrogens is 4. The number of phenols is 1. The number of benzene rings is 2. The number of H-pyrrole nitrogens is 1. The number of aliphatic carboxylic acids is 1. The Bertz CT molecular complexity index is 1630. The van der Waals surface area contributed by atoms with Gasteiger partial charge in [-0.1, -0.05) is 12.1 Å². The van der Waals surface area contributed by atoms with Gasteiger partial charge in [-0.05, 0) is 41.9 Å². The van der Waals surface area contributed by atoms with Crippen LogP contribution in [0.15, 0.2) is 59.4 Å². The number of nitrogens with two attached hydrogens (primary N) is 1. The molecule has 0 bridgehead atoms. The molecule has 1 amide bonds. The first kappa shape index (κ1) is 18.4. The molecule has 2 heterocycles. The van der Waals surface area contributed by atoms with Crippen LogP contribution >= 0.6 is 0 Å². The summed E-state index contributed by atoms with van der Waals surface area (Å²) < 4.78 is 31.3. The third kappa shape index (κ3) is 5.68. The van der Waals surface area contributed by atoms with Crippen LogP contribution in [0.1, 0.15) is 27.1 Å². The molecular formula is C23H21N7O5. The lowest BCUT2D eigenvalue weighted by atomic mass is 10.1. The molecule has 0 aliphatic carbocycles. The summed E-state index contributed by atoms with van der Waals surface area (Å²) in [6.07, 6.45) is 0.898. The third-order valence-electron chi connectivity index (χ3n) is 4.78. The normalized spacial score (nSPS) is 13.3. The highest BCUT2D eigenvalue weighted by molar-refractivity contribution is 5.96. The van der Waals surface area contributed by atoms with E-state index in [1.165, 1.54) is 18.3 Å². The monoisotopic (exact) mass is 479 g/mol. The summed E-state index contributed by atoms with van der Waals surface area (Å²) >= 11 is 0. The lowest BCUT2D eigenvalue weighted by Gasteiger charge is -2.15. The highest BCUT2D eigenvalue weighted by Crippen LogP contribution is 2.14. The van der Waals surface area contributed by atoms with Crippen molar-refractivity contribution in [2.45, 2.75) is 19.0 Å². The lowest BCUT2D eigenvalue weighted by Crippen LogP contribution is -2.42. The minimum atomic E-state index is -1.56. The van der Waals surface area contributed by atoms with Crippen LogP contribution < -0.4 is 21.9 Å². The number of nitrogens with zero attached hydrogens (tertiary/aromatic N) is 3. The average molecular weight is 479 g/mol. The van der Waals surface area contributed by atoms with Gasteiger partial charge in [0.2, 0.25) is 5.95 Å². The van der Waals surface area contributed by atoms with Gasteiger partial charge in [0.05, 0.1) is 23.9 Å². The number of carboxylic acids is 1. The van der Waals surface area contributed by atoms with E-state index in [1.54, 1.807) is 12.1 Å². The Kier molecular flexibility index (Phi) is 5.20. The Labute approximate surface area is 203 Å². The summed E-state index contributed by atoms with van der Waals surface area (Å²) in [4.78, 5) is 51.1.